The molecule has 1 aliphatic heterocycles. The van der Waals surface area contributed by atoms with E-state index in [-0.39, 0.29) is 16.6 Å². The first-order chi connectivity index (χ1) is 6.70. The minimum atomic E-state index is -0.911. The van der Waals surface area contributed by atoms with E-state index in [9.17, 15) is 4.21 Å². The SMILES string of the molecule is CCC(CC#N)S(=O)C1CCOC1C. The van der Waals surface area contributed by atoms with Gasteiger partial charge in [-0.15, -0.1) is 0 Å². The third kappa shape index (κ3) is 2.55. The van der Waals surface area contributed by atoms with Crippen LogP contribution in [-0.2, 0) is 15.5 Å². The van der Waals surface area contributed by atoms with Crippen LogP contribution >= 0.6 is 0 Å². The van der Waals surface area contributed by atoms with Gasteiger partial charge in [0.1, 0.15) is 0 Å². The van der Waals surface area contributed by atoms with Crippen molar-refractivity contribution in [1.29, 1.82) is 5.26 Å². The first kappa shape index (κ1) is 11.7. The highest BCUT2D eigenvalue weighted by Gasteiger charge is 2.32. The molecule has 1 rings (SSSR count). The largest absolute Gasteiger partial charge is 0.377 e. The maximum Gasteiger partial charge on any atom is 0.0691 e. The first-order valence-corrected chi connectivity index (χ1v) is 6.36. The molecule has 0 aromatic carbocycles. The molecule has 1 aliphatic rings. The second-order valence-electron chi connectivity index (χ2n) is 3.62. The maximum atomic E-state index is 12.1. The van der Waals surface area contributed by atoms with Crippen molar-refractivity contribution in [3.05, 3.63) is 0 Å². The van der Waals surface area contributed by atoms with Crippen molar-refractivity contribution in [2.24, 2.45) is 0 Å². The van der Waals surface area contributed by atoms with Gasteiger partial charge in [-0.2, -0.15) is 5.26 Å². The minimum Gasteiger partial charge on any atom is -0.377 e. The lowest BCUT2D eigenvalue weighted by Crippen LogP contribution is -2.30. The normalized spacial score (nSPS) is 30.9. The van der Waals surface area contributed by atoms with Crippen molar-refractivity contribution in [2.75, 3.05) is 6.61 Å². The molecule has 0 aromatic rings. The van der Waals surface area contributed by atoms with Crippen LogP contribution in [0.2, 0.25) is 0 Å². The van der Waals surface area contributed by atoms with Crippen molar-refractivity contribution >= 4 is 10.8 Å². The molecule has 4 heteroatoms. The molecule has 0 bridgehead atoms. The lowest BCUT2D eigenvalue weighted by Gasteiger charge is -2.18. The lowest BCUT2D eigenvalue weighted by molar-refractivity contribution is 0.126. The topological polar surface area (TPSA) is 50.1 Å². The van der Waals surface area contributed by atoms with Crippen molar-refractivity contribution < 1.29 is 8.95 Å². The highest BCUT2D eigenvalue weighted by molar-refractivity contribution is 7.86. The monoisotopic (exact) mass is 215 g/mol. The van der Waals surface area contributed by atoms with Crippen LogP contribution in [-0.4, -0.2) is 27.4 Å². The molecule has 14 heavy (non-hydrogen) atoms. The molecule has 0 saturated carbocycles. The fourth-order valence-corrected chi connectivity index (χ4v) is 3.60. The maximum absolute atomic E-state index is 12.1. The van der Waals surface area contributed by atoms with Crippen LogP contribution < -0.4 is 0 Å². The van der Waals surface area contributed by atoms with Gasteiger partial charge in [-0.1, -0.05) is 6.92 Å². The van der Waals surface area contributed by atoms with Gasteiger partial charge in [0.25, 0.3) is 0 Å². The van der Waals surface area contributed by atoms with Crippen LogP contribution in [0.4, 0.5) is 0 Å². The van der Waals surface area contributed by atoms with Crippen LogP contribution in [0.1, 0.15) is 33.1 Å². The molecule has 80 valence electrons. The van der Waals surface area contributed by atoms with E-state index < -0.39 is 10.8 Å². The van der Waals surface area contributed by atoms with E-state index in [1.165, 1.54) is 0 Å². The highest BCUT2D eigenvalue weighted by atomic mass is 32.2. The van der Waals surface area contributed by atoms with Crippen LogP contribution in [0.5, 0.6) is 0 Å². The van der Waals surface area contributed by atoms with E-state index in [2.05, 4.69) is 6.07 Å². The number of rotatable bonds is 4. The van der Waals surface area contributed by atoms with Crippen molar-refractivity contribution in [3.63, 3.8) is 0 Å². The number of nitriles is 1. The Morgan fingerprint density at radius 3 is 2.86 bits per heavy atom. The Morgan fingerprint density at radius 1 is 1.71 bits per heavy atom. The molecule has 3 nitrogen and oxygen atoms in total. The summed E-state index contributed by atoms with van der Waals surface area (Å²) in [6, 6.07) is 2.10. The Labute approximate surface area is 87.9 Å². The fourth-order valence-electron chi connectivity index (χ4n) is 1.76. The number of hydrogen-bond donors (Lipinski definition) is 0. The summed E-state index contributed by atoms with van der Waals surface area (Å²) in [5.41, 5.74) is 0. The van der Waals surface area contributed by atoms with Gasteiger partial charge in [-0.25, -0.2) is 0 Å². The van der Waals surface area contributed by atoms with Crippen LogP contribution in [0.15, 0.2) is 0 Å². The molecule has 4 atom stereocenters. The molecule has 0 radical (unpaired) electrons. The Morgan fingerprint density at radius 2 is 2.43 bits per heavy atom. The predicted molar refractivity (Wildman–Crippen MR) is 56.3 cm³/mol. The Bertz CT molecular complexity index is 249. The zero-order valence-electron chi connectivity index (χ0n) is 8.73. The fraction of sp³-hybridized carbons (Fsp3) is 0.900. The summed E-state index contributed by atoms with van der Waals surface area (Å²) < 4.78 is 17.4. The first-order valence-electron chi connectivity index (χ1n) is 5.08. The highest BCUT2D eigenvalue weighted by Crippen LogP contribution is 2.23. The van der Waals surface area contributed by atoms with E-state index in [4.69, 9.17) is 10.00 Å². The molecule has 1 fully saturated rings. The van der Waals surface area contributed by atoms with E-state index in [1.807, 2.05) is 13.8 Å². The molecule has 0 aliphatic carbocycles. The molecule has 0 spiro atoms. The third-order valence-corrected chi connectivity index (χ3v) is 5.08. The van der Waals surface area contributed by atoms with Gasteiger partial charge < -0.3 is 4.74 Å². The van der Waals surface area contributed by atoms with Gasteiger partial charge in [0.2, 0.25) is 0 Å². The smallest absolute Gasteiger partial charge is 0.0691 e. The number of ether oxygens (including phenoxy) is 1. The average molecular weight is 215 g/mol. The summed E-state index contributed by atoms with van der Waals surface area (Å²) in [6.45, 7) is 4.66. The van der Waals surface area contributed by atoms with E-state index >= 15 is 0 Å². The summed E-state index contributed by atoms with van der Waals surface area (Å²) in [4.78, 5) is 0. The number of hydrogen-bond acceptors (Lipinski definition) is 3. The van der Waals surface area contributed by atoms with Gasteiger partial charge in [0.15, 0.2) is 0 Å². The average Bonchev–Trinajstić information content (AvgIpc) is 2.59. The molecule has 0 N–H and O–H groups in total. The lowest BCUT2D eigenvalue weighted by atomic mass is 10.2. The molecular weight excluding hydrogens is 198 g/mol. The van der Waals surface area contributed by atoms with Crippen LogP contribution in [0.3, 0.4) is 0 Å². The quantitative estimate of drug-likeness (QED) is 0.715. The van der Waals surface area contributed by atoms with Crippen LogP contribution in [0, 0.1) is 11.3 Å². The molecule has 1 heterocycles. The van der Waals surface area contributed by atoms with E-state index in [0.29, 0.717) is 13.0 Å². The van der Waals surface area contributed by atoms with E-state index in [1.54, 1.807) is 0 Å². The standard InChI is InChI=1S/C10H17NO2S/c1-3-9(4-6-11)14(12)10-5-7-13-8(10)2/h8-10H,3-5,7H2,1-2H3. The summed E-state index contributed by atoms with van der Waals surface area (Å²) in [6.07, 6.45) is 2.16. The Hall–Kier alpha value is -0.400. The molecule has 4 unspecified atom stereocenters. The summed E-state index contributed by atoms with van der Waals surface area (Å²) in [5.74, 6) is 0. The van der Waals surface area contributed by atoms with Crippen molar-refractivity contribution in [2.45, 2.75) is 49.7 Å². The zero-order chi connectivity index (χ0) is 10.6. The van der Waals surface area contributed by atoms with E-state index in [0.717, 1.165) is 12.8 Å². The predicted octanol–water partition coefficient (Wildman–Crippen LogP) is 1.60. The zero-order valence-corrected chi connectivity index (χ0v) is 9.55. The minimum absolute atomic E-state index is 0.0224. The molecule has 1 saturated heterocycles. The van der Waals surface area contributed by atoms with Gasteiger partial charge in [0, 0.05) is 29.1 Å². The second-order valence-corrected chi connectivity index (χ2v) is 5.55. The van der Waals surface area contributed by atoms with Gasteiger partial charge in [0.05, 0.1) is 17.4 Å². The van der Waals surface area contributed by atoms with Crippen LogP contribution in [0.25, 0.3) is 0 Å². The van der Waals surface area contributed by atoms with Gasteiger partial charge in [-0.05, 0) is 19.8 Å². The van der Waals surface area contributed by atoms with Gasteiger partial charge >= 0.3 is 0 Å². The molecule has 0 amide bonds. The molecular formula is C10H17NO2S. The summed E-state index contributed by atoms with van der Waals surface area (Å²) in [7, 11) is -0.911. The molecule has 0 aromatic heterocycles. The second kappa shape index (κ2) is 5.47. The Balaban J connectivity index is 2.58. The van der Waals surface area contributed by atoms with Gasteiger partial charge in [-0.3, -0.25) is 4.21 Å². The number of nitrogens with zero attached hydrogens (tertiary/aromatic N) is 1. The third-order valence-electron chi connectivity index (χ3n) is 2.71. The summed E-state index contributed by atoms with van der Waals surface area (Å²) in [5, 5.41) is 8.76. The Kier molecular flexibility index (Phi) is 4.56. The van der Waals surface area contributed by atoms with Crippen molar-refractivity contribution in [1.82, 2.24) is 0 Å². The van der Waals surface area contributed by atoms with Crippen molar-refractivity contribution in [3.8, 4) is 6.07 Å². The summed E-state index contributed by atoms with van der Waals surface area (Å²) >= 11 is 0.